The molecule has 0 unspecified atom stereocenters. The summed E-state index contributed by atoms with van der Waals surface area (Å²) in [5.74, 6) is 0.682. The van der Waals surface area contributed by atoms with Crippen LogP contribution in [-0.4, -0.2) is 10.2 Å². The van der Waals surface area contributed by atoms with Crippen molar-refractivity contribution in [3.8, 4) is 0 Å². The summed E-state index contributed by atoms with van der Waals surface area (Å²) in [6.07, 6.45) is 4.78. The lowest BCUT2D eigenvalue weighted by Crippen LogP contribution is -2.02. The van der Waals surface area contributed by atoms with E-state index in [1.807, 2.05) is 0 Å². The number of hydrogen-bond acceptors (Lipinski definition) is 2. The van der Waals surface area contributed by atoms with Gasteiger partial charge >= 0.3 is 0 Å². The molecule has 1 aliphatic carbocycles. The number of rotatable bonds is 3. The molecule has 0 saturated heterocycles. The average Bonchev–Trinajstić information content (AvgIpc) is 2.70. The van der Waals surface area contributed by atoms with E-state index in [0.717, 1.165) is 12.8 Å². The summed E-state index contributed by atoms with van der Waals surface area (Å²) in [6, 6.07) is 0. The highest BCUT2D eigenvalue weighted by atomic mass is 15.2. The molecule has 1 aromatic rings. The second-order valence-electron chi connectivity index (χ2n) is 4.41. The van der Waals surface area contributed by atoms with Crippen LogP contribution in [-0.2, 0) is 12.8 Å². The van der Waals surface area contributed by atoms with Crippen molar-refractivity contribution >= 4 is 5.82 Å². The smallest absolute Gasteiger partial charge is 0.148 e. The summed E-state index contributed by atoms with van der Waals surface area (Å²) in [5.41, 5.74) is 8.75. The van der Waals surface area contributed by atoms with Gasteiger partial charge in [-0.15, -0.1) is 0 Å². The van der Waals surface area contributed by atoms with E-state index in [1.54, 1.807) is 0 Å². The van der Waals surface area contributed by atoms with E-state index >= 15 is 0 Å². The molecule has 1 heterocycles. The zero-order chi connectivity index (χ0) is 9.47. The van der Waals surface area contributed by atoms with Crippen molar-refractivity contribution in [3.05, 3.63) is 11.3 Å². The van der Waals surface area contributed by atoms with E-state index in [2.05, 4.69) is 24.0 Å². The van der Waals surface area contributed by atoms with Crippen LogP contribution in [0.15, 0.2) is 0 Å². The summed E-state index contributed by atoms with van der Waals surface area (Å²) in [4.78, 5) is 0. The van der Waals surface area contributed by atoms with Crippen molar-refractivity contribution in [2.45, 2.75) is 39.5 Å². The second kappa shape index (κ2) is 2.76. The zero-order valence-corrected chi connectivity index (χ0v) is 8.35. The van der Waals surface area contributed by atoms with Gasteiger partial charge in [0.05, 0.1) is 0 Å². The van der Waals surface area contributed by atoms with Crippen LogP contribution < -0.4 is 5.73 Å². The molecule has 1 saturated carbocycles. The maximum absolute atomic E-state index is 5.75. The fourth-order valence-electron chi connectivity index (χ4n) is 1.77. The van der Waals surface area contributed by atoms with Gasteiger partial charge < -0.3 is 5.73 Å². The monoisotopic (exact) mass is 179 g/mol. The molecule has 0 atom stereocenters. The maximum Gasteiger partial charge on any atom is 0.148 e. The first-order valence-corrected chi connectivity index (χ1v) is 4.96. The molecule has 2 rings (SSSR count). The van der Waals surface area contributed by atoms with E-state index in [0.29, 0.717) is 11.2 Å². The van der Waals surface area contributed by atoms with Gasteiger partial charge in [-0.3, -0.25) is 5.10 Å². The van der Waals surface area contributed by atoms with Gasteiger partial charge in [-0.25, -0.2) is 0 Å². The lowest BCUT2D eigenvalue weighted by Gasteiger charge is -2.07. The minimum absolute atomic E-state index is 0.531. The minimum Gasteiger partial charge on any atom is -0.382 e. The van der Waals surface area contributed by atoms with Gasteiger partial charge in [0.2, 0.25) is 0 Å². The second-order valence-corrected chi connectivity index (χ2v) is 4.41. The molecule has 0 amide bonds. The summed E-state index contributed by atoms with van der Waals surface area (Å²) in [7, 11) is 0. The summed E-state index contributed by atoms with van der Waals surface area (Å²) >= 11 is 0. The highest BCUT2D eigenvalue weighted by Gasteiger charge is 2.38. The van der Waals surface area contributed by atoms with Gasteiger partial charge in [-0.1, -0.05) is 13.8 Å². The number of aromatic amines is 1. The molecule has 0 bridgehead atoms. The molecule has 1 fully saturated rings. The number of nitrogens with two attached hydrogens (primary N) is 1. The van der Waals surface area contributed by atoms with Gasteiger partial charge in [0.1, 0.15) is 5.82 Å². The van der Waals surface area contributed by atoms with Crippen LogP contribution in [0.5, 0.6) is 0 Å². The summed E-state index contributed by atoms with van der Waals surface area (Å²) in [5, 5.41) is 7.10. The standard InChI is InChI=1S/C10H17N3/c1-3-7-8(12-13-9(7)11)6-10(2)4-5-10/h3-6H2,1-2H3,(H3,11,12,13). The molecule has 3 nitrogen and oxygen atoms in total. The van der Waals surface area contributed by atoms with Crippen LogP contribution in [0.2, 0.25) is 0 Å². The normalized spacial score (nSPS) is 18.9. The lowest BCUT2D eigenvalue weighted by atomic mass is 9.99. The number of nitrogen functional groups attached to an aromatic ring is 1. The Morgan fingerprint density at radius 3 is 2.77 bits per heavy atom. The SMILES string of the molecule is CCc1c(N)n[nH]c1CC1(C)CC1. The van der Waals surface area contributed by atoms with Crippen molar-refractivity contribution in [2.24, 2.45) is 5.41 Å². The van der Waals surface area contributed by atoms with Crippen LogP contribution in [0.25, 0.3) is 0 Å². The van der Waals surface area contributed by atoms with Crippen molar-refractivity contribution in [1.82, 2.24) is 10.2 Å². The van der Waals surface area contributed by atoms with Gasteiger partial charge in [-0.05, 0) is 31.1 Å². The molecular weight excluding hydrogens is 162 g/mol. The van der Waals surface area contributed by atoms with E-state index < -0.39 is 0 Å². The Balaban J connectivity index is 2.19. The molecular formula is C10H17N3. The topological polar surface area (TPSA) is 54.7 Å². The Morgan fingerprint density at radius 2 is 2.23 bits per heavy atom. The molecule has 0 radical (unpaired) electrons. The van der Waals surface area contributed by atoms with Crippen LogP contribution in [0.1, 0.15) is 37.9 Å². The molecule has 72 valence electrons. The molecule has 0 aromatic carbocycles. The first-order valence-electron chi connectivity index (χ1n) is 4.96. The predicted octanol–water partition coefficient (Wildman–Crippen LogP) is 1.90. The Hall–Kier alpha value is -0.990. The van der Waals surface area contributed by atoms with Crippen molar-refractivity contribution in [2.75, 3.05) is 5.73 Å². The zero-order valence-electron chi connectivity index (χ0n) is 8.35. The molecule has 13 heavy (non-hydrogen) atoms. The van der Waals surface area contributed by atoms with E-state index in [9.17, 15) is 0 Å². The van der Waals surface area contributed by atoms with Crippen molar-refractivity contribution in [1.29, 1.82) is 0 Å². The average molecular weight is 179 g/mol. The fraction of sp³-hybridized carbons (Fsp3) is 0.700. The summed E-state index contributed by atoms with van der Waals surface area (Å²) in [6.45, 7) is 4.45. The van der Waals surface area contributed by atoms with Gasteiger partial charge in [0, 0.05) is 11.3 Å². The molecule has 1 aromatic heterocycles. The molecule has 0 spiro atoms. The number of nitrogens with zero attached hydrogens (tertiary/aromatic N) is 1. The third-order valence-electron chi connectivity index (χ3n) is 3.05. The van der Waals surface area contributed by atoms with Crippen LogP contribution in [0.4, 0.5) is 5.82 Å². The molecule has 1 aliphatic rings. The third kappa shape index (κ3) is 1.55. The van der Waals surface area contributed by atoms with Crippen molar-refractivity contribution < 1.29 is 0 Å². The van der Waals surface area contributed by atoms with Gasteiger partial charge in [0.15, 0.2) is 0 Å². The Kier molecular flexibility index (Phi) is 1.82. The molecule has 3 N–H and O–H groups in total. The lowest BCUT2D eigenvalue weighted by molar-refractivity contribution is 0.557. The number of aromatic nitrogens is 2. The predicted molar refractivity (Wildman–Crippen MR) is 53.4 cm³/mol. The number of H-pyrrole nitrogens is 1. The Morgan fingerprint density at radius 1 is 1.54 bits per heavy atom. The Bertz CT molecular complexity index is 310. The first-order chi connectivity index (χ1) is 6.14. The van der Waals surface area contributed by atoms with Crippen LogP contribution >= 0.6 is 0 Å². The van der Waals surface area contributed by atoms with E-state index in [4.69, 9.17) is 5.73 Å². The van der Waals surface area contributed by atoms with Gasteiger partial charge in [-0.2, -0.15) is 5.10 Å². The molecule has 3 heteroatoms. The third-order valence-corrected chi connectivity index (χ3v) is 3.05. The molecule has 0 aliphatic heterocycles. The fourth-order valence-corrected chi connectivity index (χ4v) is 1.77. The maximum atomic E-state index is 5.75. The van der Waals surface area contributed by atoms with E-state index in [-0.39, 0.29) is 0 Å². The first kappa shape index (κ1) is 8.60. The van der Waals surface area contributed by atoms with Gasteiger partial charge in [0.25, 0.3) is 0 Å². The number of hydrogen-bond donors (Lipinski definition) is 2. The summed E-state index contributed by atoms with van der Waals surface area (Å²) < 4.78 is 0. The van der Waals surface area contributed by atoms with Crippen LogP contribution in [0.3, 0.4) is 0 Å². The number of anilines is 1. The minimum atomic E-state index is 0.531. The van der Waals surface area contributed by atoms with Crippen LogP contribution in [0, 0.1) is 5.41 Å². The van der Waals surface area contributed by atoms with Crippen molar-refractivity contribution in [3.63, 3.8) is 0 Å². The largest absolute Gasteiger partial charge is 0.382 e. The van der Waals surface area contributed by atoms with E-state index in [1.165, 1.54) is 24.1 Å². The number of nitrogens with one attached hydrogen (secondary N) is 1. The highest BCUT2D eigenvalue weighted by Crippen LogP contribution is 2.47. The quantitative estimate of drug-likeness (QED) is 0.744. The Labute approximate surface area is 78.7 Å². The highest BCUT2D eigenvalue weighted by molar-refractivity contribution is 5.42.